The van der Waals surface area contributed by atoms with Gasteiger partial charge in [-0.1, -0.05) is 17.8 Å². The average molecular weight is 407 g/mol. The Morgan fingerprint density at radius 1 is 1.21 bits per heavy atom. The zero-order chi connectivity index (χ0) is 20.2. The molecule has 1 aromatic carbocycles. The highest BCUT2D eigenvalue weighted by Gasteiger charge is 2.22. The van der Waals surface area contributed by atoms with Gasteiger partial charge in [0.2, 0.25) is 11.8 Å². The van der Waals surface area contributed by atoms with Gasteiger partial charge in [-0.15, -0.1) is 0 Å². The molecule has 148 valence electrons. The molecule has 0 bridgehead atoms. The Labute approximate surface area is 174 Å². The van der Waals surface area contributed by atoms with Gasteiger partial charge in [-0.2, -0.15) is 5.26 Å². The lowest BCUT2D eigenvalue weighted by Crippen LogP contribution is -2.23. The minimum Gasteiger partial charge on any atom is -0.325 e. The summed E-state index contributed by atoms with van der Waals surface area (Å²) in [6.45, 7) is 0.715. The Kier molecular flexibility index (Phi) is 5.81. The SMILES string of the molecule is N#Cc1cc2c(nc1SCC(=O)Nc1cccc(N3CCCC3=O)c1)CCCC2. The number of benzene rings is 1. The number of carbonyl (C=O) groups excluding carboxylic acids is 2. The average Bonchev–Trinajstić information content (AvgIpc) is 3.17. The summed E-state index contributed by atoms with van der Waals surface area (Å²) in [6, 6.07) is 11.5. The molecule has 4 rings (SSSR count). The smallest absolute Gasteiger partial charge is 0.234 e. The van der Waals surface area contributed by atoms with Gasteiger partial charge in [-0.3, -0.25) is 9.59 Å². The van der Waals surface area contributed by atoms with E-state index in [-0.39, 0.29) is 17.6 Å². The number of hydrogen-bond acceptors (Lipinski definition) is 5. The van der Waals surface area contributed by atoms with Crippen LogP contribution < -0.4 is 10.2 Å². The molecule has 1 N–H and O–H groups in total. The number of fused-ring (bicyclic) bond motifs is 1. The van der Waals surface area contributed by atoms with Crippen LogP contribution in [0.25, 0.3) is 0 Å². The van der Waals surface area contributed by atoms with E-state index in [4.69, 9.17) is 0 Å². The first-order valence-electron chi connectivity index (χ1n) is 9.90. The second-order valence-corrected chi connectivity index (χ2v) is 8.27. The summed E-state index contributed by atoms with van der Waals surface area (Å²) in [6.07, 6.45) is 5.59. The van der Waals surface area contributed by atoms with Crippen molar-refractivity contribution in [1.82, 2.24) is 4.98 Å². The third kappa shape index (κ3) is 4.43. The van der Waals surface area contributed by atoms with Gasteiger partial charge >= 0.3 is 0 Å². The van der Waals surface area contributed by atoms with Crippen molar-refractivity contribution in [2.75, 3.05) is 22.5 Å². The Morgan fingerprint density at radius 3 is 2.86 bits per heavy atom. The standard InChI is InChI=1S/C22H22N4O2S/c23-13-16-11-15-5-1-2-8-19(15)25-22(16)29-14-20(27)24-17-6-3-7-18(12-17)26-10-4-9-21(26)28/h3,6-7,11-12H,1-2,4-5,8-10,14H2,(H,24,27). The molecule has 7 heteroatoms. The summed E-state index contributed by atoms with van der Waals surface area (Å²) >= 11 is 1.29. The maximum Gasteiger partial charge on any atom is 0.234 e. The minimum atomic E-state index is -0.164. The van der Waals surface area contributed by atoms with Crippen LogP contribution in [0.4, 0.5) is 11.4 Å². The minimum absolute atomic E-state index is 0.117. The number of amides is 2. The molecular weight excluding hydrogens is 384 g/mol. The number of aryl methyl sites for hydroxylation is 2. The van der Waals surface area contributed by atoms with Gasteiger partial charge < -0.3 is 10.2 Å². The zero-order valence-corrected chi connectivity index (χ0v) is 16.9. The van der Waals surface area contributed by atoms with Crippen LogP contribution in [0, 0.1) is 11.3 Å². The topological polar surface area (TPSA) is 86.1 Å². The number of anilines is 2. The fourth-order valence-corrected chi connectivity index (χ4v) is 4.58. The molecule has 6 nitrogen and oxygen atoms in total. The summed E-state index contributed by atoms with van der Waals surface area (Å²) < 4.78 is 0. The van der Waals surface area contributed by atoms with Crippen LogP contribution in [0.15, 0.2) is 35.4 Å². The number of carbonyl (C=O) groups is 2. The molecule has 0 saturated carbocycles. The predicted octanol–water partition coefficient (Wildman–Crippen LogP) is 3.69. The molecule has 2 heterocycles. The fourth-order valence-electron chi connectivity index (χ4n) is 3.81. The van der Waals surface area contributed by atoms with Crippen LogP contribution in [0.5, 0.6) is 0 Å². The first kappa shape index (κ1) is 19.5. The lowest BCUT2D eigenvalue weighted by atomic mass is 9.95. The van der Waals surface area contributed by atoms with Crippen molar-refractivity contribution in [3.05, 3.63) is 47.2 Å². The number of aromatic nitrogens is 1. The maximum atomic E-state index is 12.4. The largest absolute Gasteiger partial charge is 0.325 e. The summed E-state index contributed by atoms with van der Waals surface area (Å²) in [5.74, 6) is 0.128. The molecule has 0 unspecified atom stereocenters. The van der Waals surface area contributed by atoms with E-state index in [9.17, 15) is 14.9 Å². The molecule has 29 heavy (non-hydrogen) atoms. The van der Waals surface area contributed by atoms with E-state index in [0.717, 1.165) is 49.0 Å². The molecule has 2 aliphatic rings. The van der Waals surface area contributed by atoms with Crippen molar-refractivity contribution in [1.29, 1.82) is 5.26 Å². The summed E-state index contributed by atoms with van der Waals surface area (Å²) in [5.41, 5.74) is 4.22. The summed E-state index contributed by atoms with van der Waals surface area (Å²) in [4.78, 5) is 30.8. The molecule has 2 amide bonds. The van der Waals surface area contributed by atoms with Crippen molar-refractivity contribution in [3.63, 3.8) is 0 Å². The van der Waals surface area contributed by atoms with Crippen molar-refractivity contribution < 1.29 is 9.59 Å². The summed E-state index contributed by atoms with van der Waals surface area (Å²) in [7, 11) is 0. The van der Waals surface area contributed by atoms with E-state index in [1.807, 2.05) is 30.3 Å². The highest BCUT2D eigenvalue weighted by Crippen LogP contribution is 2.28. The van der Waals surface area contributed by atoms with Crippen molar-refractivity contribution in [3.8, 4) is 6.07 Å². The predicted molar refractivity (Wildman–Crippen MR) is 113 cm³/mol. The summed E-state index contributed by atoms with van der Waals surface area (Å²) in [5, 5.41) is 12.9. The van der Waals surface area contributed by atoms with Gasteiger partial charge in [-0.05, 0) is 61.9 Å². The van der Waals surface area contributed by atoms with Gasteiger partial charge in [0.15, 0.2) is 0 Å². The first-order valence-corrected chi connectivity index (χ1v) is 10.9. The molecule has 0 atom stereocenters. The van der Waals surface area contributed by atoms with Gasteiger partial charge in [0.05, 0.1) is 11.3 Å². The van der Waals surface area contributed by atoms with Crippen LogP contribution in [0.3, 0.4) is 0 Å². The van der Waals surface area contributed by atoms with Gasteiger partial charge in [0, 0.05) is 30.0 Å². The lowest BCUT2D eigenvalue weighted by Gasteiger charge is -2.17. The van der Waals surface area contributed by atoms with Gasteiger partial charge in [0.1, 0.15) is 11.1 Å². The van der Waals surface area contributed by atoms with Gasteiger partial charge in [-0.25, -0.2) is 4.98 Å². The van der Waals surface area contributed by atoms with Gasteiger partial charge in [0.25, 0.3) is 0 Å². The van der Waals surface area contributed by atoms with Crippen LogP contribution in [0.2, 0.25) is 0 Å². The van der Waals surface area contributed by atoms with Crippen molar-refractivity contribution >= 4 is 35.0 Å². The number of hydrogen-bond donors (Lipinski definition) is 1. The van der Waals surface area contributed by atoms with Crippen molar-refractivity contribution in [2.45, 2.75) is 43.6 Å². The number of pyridine rings is 1. The first-order chi connectivity index (χ1) is 14.1. The molecule has 1 saturated heterocycles. The Bertz CT molecular complexity index is 999. The zero-order valence-electron chi connectivity index (χ0n) is 16.1. The Morgan fingerprint density at radius 2 is 2.07 bits per heavy atom. The van der Waals surface area contributed by atoms with Crippen LogP contribution >= 0.6 is 11.8 Å². The van der Waals surface area contributed by atoms with E-state index < -0.39 is 0 Å². The molecule has 1 aromatic heterocycles. The van der Waals surface area contributed by atoms with E-state index in [1.165, 1.54) is 11.8 Å². The highest BCUT2D eigenvalue weighted by molar-refractivity contribution is 8.00. The van der Waals surface area contributed by atoms with E-state index >= 15 is 0 Å². The third-order valence-electron chi connectivity index (χ3n) is 5.24. The molecule has 1 fully saturated rings. The second-order valence-electron chi connectivity index (χ2n) is 7.30. The number of rotatable bonds is 5. The monoisotopic (exact) mass is 406 g/mol. The maximum absolute atomic E-state index is 12.4. The molecular formula is C22H22N4O2S. The number of nitrogens with one attached hydrogen (secondary N) is 1. The number of nitrogens with zero attached hydrogens (tertiary/aromatic N) is 3. The third-order valence-corrected chi connectivity index (χ3v) is 6.23. The van der Waals surface area contributed by atoms with E-state index in [2.05, 4.69) is 16.4 Å². The van der Waals surface area contributed by atoms with Crippen molar-refractivity contribution in [2.24, 2.45) is 0 Å². The number of thioether (sulfide) groups is 1. The van der Waals surface area contributed by atoms with E-state index in [1.54, 1.807) is 4.90 Å². The highest BCUT2D eigenvalue weighted by atomic mass is 32.2. The molecule has 1 aliphatic heterocycles. The normalized spacial score (nSPS) is 15.7. The Hall–Kier alpha value is -2.85. The fraction of sp³-hybridized carbons (Fsp3) is 0.364. The Balaban J connectivity index is 1.41. The van der Waals surface area contributed by atoms with E-state index in [0.29, 0.717) is 29.2 Å². The molecule has 2 aromatic rings. The van der Waals surface area contributed by atoms with Crippen LogP contribution in [0.1, 0.15) is 42.5 Å². The molecule has 0 spiro atoms. The van der Waals surface area contributed by atoms with Crippen LogP contribution in [-0.4, -0.2) is 29.1 Å². The lowest BCUT2D eigenvalue weighted by molar-refractivity contribution is -0.117. The number of nitriles is 1. The molecule has 0 radical (unpaired) electrons. The van der Waals surface area contributed by atoms with Crippen LogP contribution in [-0.2, 0) is 22.4 Å². The second kappa shape index (κ2) is 8.66. The molecule has 1 aliphatic carbocycles. The quantitative estimate of drug-likeness (QED) is 0.766.